The number of nitrogens with one attached hydrogen (secondary N) is 1. The van der Waals surface area contributed by atoms with Crippen molar-refractivity contribution in [2.45, 2.75) is 41.0 Å². The second kappa shape index (κ2) is 6.11. The normalized spacial score (nSPS) is 14.1. The highest BCUT2D eigenvalue weighted by Gasteiger charge is 2.23. The molecule has 0 spiro atoms. The van der Waals surface area contributed by atoms with Gasteiger partial charge in [0.05, 0.1) is 12.5 Å². The molecule has 1 atom stereocenters. The van der Waals surface area contributed by atoms with Gasteiger partial charge in [0.1, 0.15) is 0 Å². The lowest BCUT2D eigenvalue weighted by Gasteiger charge is -2.25. The van der Waals surface area contributed by atoms with Crippen LogP contribution in [0.25, 0.3) is 0 Å². The van der Waals surface area contributed by atoms with E-state index in [0.29, 0.717) is 6.54 Å². The van der Waals surface area contributed by atoms with E-state index in [0.717, 1.165) is 6.42 Å². The van der Waals surface area contributed by atoms with Crippen LogP contribution in [0.4, 0.5) is 0 Å². The second-order valence-electron chi connectivity index (χ2n) is 5.27. The quantitative estimate of drug-likeness (QED) is 0.710. The first-order valence-corrected chi connectivity index (χ1v) is 5.72. The molecule has 0 radical (unpaired) electrons. The van der Waals surface area contributed by atoms with Gasteiger partial charge < -0.3 is 10.4 Å². The van der Waals surface area contributed by atoms with Gasteiger partial charge >= 0.3 is 0 Å². The zero-order chi connectivity index (χ0) is 12.1. The summed E-state index contributed by atoms with van der Waals surface area (Å²) in [6.45, 7) is 10.9. The third kappa shape index (κ3) is 5.17. The Balaban J connectivity index is 4.13. The summed E-state index contributed by atoms with van der Waals surface area (Å²) in [5.74, 6) is -0.133. The van der Waals surface area contributed by atoms with Crippen molar-refractivity contribution < 1.29 is 9.90 Å². The predicted octanol–water partition coefficient (Wildman–Crippen LogP) is 1.80. The minimum atomic E-state index is -0.280. The first kappa shape index (κ1) is 14.4. The maximum absolute atomic E-state index is 11.7. The Bertz CT molecular complexity index is 200. The summed E-state index contributed by atoms with van der Waals surface area (Å²) in [6.07, 6.45) is 1.03. The van der Waals surface area contributed by atoms with Crippen LogP contribution >= 0.6 is 0 Å². The van der Waals surface area contributed by atoms with E-state index in [2.05, 4.69) is 26.1 Å². The standard InChI is InChI=1S/C12H25NO2/c1-6-12(4,5)8-13-11(15)10(7-14)9(2)3/h9-10,14H,6-8H2,1-5H3,(H,13,15). The van der Waals surface area contributed by atoms with Crippen molar-refractivity contribution in [2.75, 3.05) is 13.2 Å². The van der Waals surface area contributed by atoms with Gasteiger partial charge in [-0.15, -0.1) is 0 Å². The molecule has 15 heavy (non-hydrogen) atoms. The molecule has 0 aromatic carbocycles. The lowest BCUT2D eigenvalue weighted by Crippen LogP contribution is -2.40. The highest BCUT2D eigenvalue weighted by atomic mass is 16.3. The molecule has 0 saturated heterocycles. The van der Waals surface area contributed by atoms with Crippen LogP contribution in [0.5, 0.6) is 0 Å². The Hall–Kier alpha value is -0.570. The molecule has 3 heteroatoms. The fourth-order valence-electron chi connectivity index (χ4n) is 1.18. The molecule has 0 aromatic heterocycles. The van der Waals surface area contributed by atoms with E-state index in [4.69, 9.17) is 5.11 Å². The molecule has 0 aromatic rings. The molecule has 90 valence electrons. The molecule has 0 rings (SSSR count). The van der Waals surface area contributed by atoms with Gasteiger partial charge in [-0.2, -0.15) is 0 Å². The molecule has 0 saturated carbocycles. The number of hydrogen-bond acceptors (Lipinski definition) is 2. The lowest BCUT2D eigenvalue weighted by atomic mass is 9.89. The molecular formula is C12H25NO2. The maximum Gasteiger partial charge on any atom is 0.225 e. The Labute approximate surface area is 93.3 Å². The van der Waals surface area contributed by atoms with Crippen LogP contribution in [-0.2, 0) is 4.79 Å². The van der Waals surface area contributed by atoms with Crippen LogP contribution in [0, 0.1) is 17.3 Å². The van der Waals surface area contributed by atoms with E-state index in [1.807, 2.05) is 13.8 Å². The molecule has 0 aliphatic heterocycles. The van der Waals surface area contributed by atoms with Gasteiger partial charge in [0.15, 0.2) is 0 Å². The van der Waals surface area contributed by atoms with E-state index in [1.165, 1.54) is 0 Å². The molecule has 1 unspecified atom stereocenters. The van der Waals surface area contributed by atoms with Gasteiger partial charge in [0.2, 0.25) is 5.91 Å². The Morgan fingerprint density at radius 2 is 1.93 bits per heavy atom. The highest BCUT2D eigenvalue weighted by Crippen LogP contribution is 2.18. The molecule has 2 N–H and O–H groups in total. The molecule has 1 amide bonds. The zero-order valence-corrected chi connectivity index (χ0v) is 10.6. The summed E-state index contributed by atoms with van der Waals surface area (Å²) >= 11 is 0. The van der Waals surface area contributed by atoms with E-state index in [-0.39, 0.29) is 29.8 Å². The van der Waals surface area contributed by atoms with Crippen LogP contribution in [0.2, 0.25) is 0 Å². The summed E-state index contributed by atoms with van der Waals surface area (Å²) < 4.78 is 0. The Morgan fingerprint density at radius 3 is 2.27 bits per heavy atom. The number of aliphatic hydroxyl groups is 1. The summed E-state index contributed by atoms with van der Waals surface area (Å²) in [5.41, 5.74) is 0.132. The first-order chi connectivity index (χ1) is 6.84. The average Bonchev–Trinajstić information content (AvgIpc) is 2.15. The molecule has 0 aliphatic carbocycles. The highest BCUT2D eigenvalue weighted by molar-refractivity contribution is 5.79. The van der Waals surface area contributed by atoms with Crippen molar-refractivity contribution in [1.29, 1.82) is 0 Å². The number of rotatable bonds is 6. The minimum Gasteiger partial charge on any atom is -0.396 e. The summed E-state index contributed by atoms with van der Waals surface area (Å²) in [5, 5.41) is 12.0. The topological polar surface area (TPSA) is 49.3 Å². The van der Waals surface area contributed by atoms with E-state index in [1.54, 1.807) is 0 Å². The van der Waals surface area contributed by atoms with Crippen molar-refractivity contribution in [3.05, 3.63) is 0 Å². The zero-order valence-electron chi connectivity index (χ0n) is 10.6. The summed E-state index contributed by atoms with van der Waals surface area (Å²) in [6, 6.07) is 0. The third-order valence-corrected chi connectivity index (χ3v) is 3.04. The van der Waals surface area contributed by atoms with Gasteiger partial charge in [-0.1, -0.05) is 34.6 Å². The van der Waals surface area contributed by atoms with Crippen molar-refractivity contribution in [3.63, 3.8) is 0 Å². The Kier molecular flexibility index (Phi) is 5.88. The van der Waals surface area contributed by atoms with Gasteiger partial charge in [0, 0.05) is 6.54 Å². The fourth-order valence-corrected chi connectivity index (χ4v) is 1.18. The average molecular weight is 215 g/mol. The molecule has 0 fully saturated rings. The largest absolute Gasteiger partial charge is 0.396 e. The van der Waals surface area contributed by atoms with Crippen molar-refractivity contribution in [3.8, 4) is 0 Å². The summed E-state index contributed by atoms with van der Waals surface area (Å²) in [4.78, 5) is 11.7. The van der Waals surface area contributed by atoms with Crippen LogP contribution in [0.3, 0.4) is 0 Å². The fraction of sp³-hybridized carbons (Fsp3) is 0.917. The molecule has 0 aliphatic rings. The second-order valence-corrected chi connectivity index (χ2v) is 5.27. The maximum atomic E-state index is 11.7. The van der Waals surface area contributed by atoms with Crippen molar-refractivity contribution in [2.24, 2.45) is 17.3 Å². The van der Waals surface area contributed by atoms with Crippen molar-refractivity contribution >= 4 is 5.91 Å². The van der Waals surface area contributed by atoms with E-state index in [9.17, 15) is 4.79 Å². The Morgan fingerprint density at radius 1 is 1.40 bits per heavy atom. The van der Waals surface area contributed by atoms with Crippen LogP contribution in [-0.4, -0.2) is 24.2 Å². The molecule has 0 heterocycles. The van der Waals surface area contributed by atoms with Gasteiger partial charge in [-0.3, -0.25) is 4.79 Å². The number of carbonyl (C=O) groups excluding carboxylic acids is 1. The smallest absolute Gasteiger partial charge is 0.225 e. The van der Waals surface area contributed by atoms with Gasteiger partial charge in [-0.25, -0.2) is 0 Å². The van der Waals surface area contributed by atoms with Crippen LogP contribution in [0.1, 0.15) is 41.0 Å². The predicted molar refractivity (Wildman–Crippen MR) is 62.5 cm³/mol. The minimum absolute atomic E-state index is 0.0333. The van der Waals surface area contributed by atoms with E-state index >= 15 is 0 Å². The monoisotopic (exact) mass is 215 g/mol. The molecule has 3 nitrogen and oxygen atoms in total. The van der Waals surface area contributed by atoms with Crippen LogP contribution in [0.15, 0.2) is 0 Å². The van der Waals surface area contributed by atoms with Crippen LogP contribution < -0.4 is 5.32 Å². The molecular weight excluding hydrogens is 190 g/mol. The number of carbonyl (C=O) groups is 1. The lowest BCUT2D eigenvalue weighted by molar-refractivity contribution is -0.128. The van der Waals surface area contributed by atoms with Gasteiger partial charge in [0.25, 0.3) is 0 Å². The number of aliphatic hydroxyl groups excluding tert-OH is 1. The van der Waals surface area contributed by atoms with Gasteiger partial charge in [-0.05, 0) is 17.8 Å². The first-order valence-electron chi connectivity index (χ1n) is 5.72. The third-order valence-electron chi connectivity index (χ3n) is 3.04. The number of hydrogen-bond donors (Lipinski definition) is 2. The van der Waals surface area contributed by atoms with E-state index < -0.39 is 0 Å². The SMILES string of the molecule is CCC(C)(C)CNC(=O)C(CO)C(C)C. The summed E-state index contributed by atoms with van der Waals surface area (Å²) in [7, 11) is 0. The molecule has 0 bridgehead atoms. The number of amides is 1. The van der Waals surface area contributed by atoms with Crippen molar-refractivity contribution in [1.82, 2.24) is 5.32 Å².